The average molecular weight is 307 g/mol. The predicted octanol–water partition coefficient (Wildman–Crippen LogP) is 3.85. The van der Waals surface area contributed by atoms with Gasteiger partial charge in [-0.15, -0.1) is 0 Å². The van der Waals surface area contributed by atoms with Gasteiger partial charge in [0.15, 0.2) is 0 Å². The van der Waals surface area contributed by atoms with Gasteiger partial charge in [0.25, 0.3) is 0 Å². The quantitative estimate of drug-likeness (QED) is 0.933. The van der Waals surface area contributed by atoms with E-state index in [4.69, 9.17) is 4.74 Å². The summed E-state index contributed by atoms with van der Waals surface area (Å²) in [6.07, 6.45) is -0.618. The third kappa shape index (κ3) is 2.74. The van der Waals surface area contributed by atoms with Crippen LogP contribution in [0, 0.1) is 6.92 Å². The fraction of sp³-hybridized carbons (Fsp3) is 0.200. The molecule has 0 saturated heterocycles. The Bertz CT molecular complexity index is 552. The Morgan fingerprint density at radius 2 is 1.83 bits per heavy atom. The first-order valence-corrected chi connectivity index (χ1v) is 6.49. The second kappa shape index (κ2) is 5.55. The van der Waals surface area contributed by atoms with Gasteiger partial charge in [-0.05, 0) is 47.9 Å². The molecule has 18 heavy (non-hydrogen) atoms. The summed E-state index contributed by atoms with van der Waals surface area (Å²) >= 11 is 3.41. The predicted molar refractivity (Wildman–Crippen MR) is 75.9 cm³/mol. The molecule has 0 aromatic heterocycles. The van der Waals surface area contributed by atoms with Crippen LogP contribution in [0.25, 0.3) is 0 Å². The molecule has 1 N–H and O–H groups in total. The van der Waals surface area contributed by atoms with Crippen LogP contribution in [0.5, 0.6) is 5.75 Å². The molecule has 0 heterocycles. The molecule has 94 valence electrons. The molecule has 0 aliphatic carbocycles. The topological polar surface area (TPSA) is 29.5 Å². The zero-order valence-corrected chi connectivity index (χ0v) is 11.9. The SMILES string of the molecule is COc1ccc([C@@H](O)c2cccc(Br)c2)cc1C. The number of methoxy groups -OCH3 is 1. The number of aliphatic hydroxyl groups is 1. The van der Waals surface area contributed by atoms with Gasteiger partial charge in [-0.3, -0.25) is 0 Å². The van der Waals surface area contributed by atoms with Gasteiger partial charge < -0.3 is 9.84 Å². The van der Waals surface area contributed by atoms with Crippen molar-refractivity contribution in [1.29, 1.82) is 0 Å². The maximum Gasteiger partial charge on any atom is 0.121 e. The highest BCUT2D eigenvalue weighted by Crippen LogP contribution is 2.27. The van der Waals surface area contributed by atoms with Crippen molar-refractivity contribution in [2.24, 2.45) is 0 Å². The van der Waals surface area contributed by atoms with E-state index < -0.39 is 6.10 Å². The van der Waals surface area contributed by atoms with Crippen molar-refractivity contribution < 1.29 is 9.84 Å². The van der Waals surface area contributed by atoms with E-state index in [2.05, 4.69) is 15.9 Å². The molecule has 0 spiro atoms. The third-order valence-corrected chi connectivity index (χ3v) is 3.39. The van der Waals surface area contributed by atoms with E-state index in [0.717, 1.165) is 26.9 Å². The lowest BCUT2D eigenvalue weighted by atomic mass is 10.00. The van der Waals surface area contributed by atoms with Gasteiger partial charge in [0.05, 0.1) is 7.11 Å². The lowest BCUT2D eigenvalue weighted by molar-refractivity contribution is 0.220. The van der Waals surface area contributed by atoms with Crippen molar-refractivity contribution in [3.05, 3.63) is 63.6 Å². The second-order valence-electron chi connectivity index (χ2n) is 4.19. The van der Waals surface area contributed by atoms with Crippen molar-refractivity contribution in [2.75, 3.05) is 7.11 Å². The molecular weight excluding hydrogens is 292 g/mol. The van der Waals surface area contributed by atoms with Crippen LogP contribution >= 0.6 is 15.9 Å². The molecule has 2 aromatic carbocycles. The van der Waals surface area contributed by atoms with Crippen molar-refractivity contribution in [3.63, 3.8) is 0 Å². The van der Waals surface area contributed by atoms with Crippen LogP contribution in [0.15, 0.2) is 46.9 Å². The maximum absolute atomic E-state index is 10.3. The molecule has 2 rings (SSSR count). The zero-order chi connectivity index (χ0) is 13.1. The van der Waals surface area contributed by atoms with Crippen LogP contribution in [-0.2, 0) is 0 Å². The van der Waals surface area contributed by atoms with Crippen LogP contribution in [0.2, 0.25) is 0 Å². The Kier molecular flexibility index (Phi) is 4.04. The molecule has 0 aliphatic rings. The summed E-state index contributed by atoms with van der Waals surface area (Å²) in [6, 6.07) is 13.4. The number of rotatable bonds is 3. The minimum atomic E-state index is -0.618. The summed E-state index contributed by atoms with van der Waals surface area (Å²) in [5.74, 6) is 0.834. The second-order valence-corrected chi connectivity index (χ2v) is 5.10. The Labute approximate surface area is 115 Å². The van der Waals surface area contributed by atoms with Gasteiger partial charge in [0, 0.05) is 4.47 Å². The van der Waals surface area contributed by atoms with E-state index >= 15 is 0 Å². The molecule has 0 saturated carbocycles. The highest BCUT2D eigenvalue weighted by atomic mass is 79.9. The lowest BCUT2D eigenvalue weighted by Gasteiger charge is -2.14. The minimum absolute atomic E-state index is 0.618. The number of hydrogen-bond acceptors (Lipinski definition) is 2. The Balaban J connectivity index is 2.34. The minimum Gasteiger partial charge on any atom is -0.496 e. The van der Waals surface area contributed by atoms with Crippen LogP contribution in [0.4, 0.5) is 0 Å². The number of halogens is 1. The zero-order valence-electron chi connectivity index (χ0n) is 10.4. The van der Waals surface area contributed by atoms with E-state index in [9.17, 15) is 5.11 Å². The van der Waals surface area contributed by atoms with Crippen LogP contribution in [0.1, 0.15) is 22.8 Å². The highest BCUT2D eigenvalue weighted by molar-refractivity contribution is 9.10. The molecule has 2 aromatic rings. The lowest BCUT2D eigenvalue weighted by Crippen LogP contribution is -2.00. The van der Waals surface area contributed by atoms with E-state index in [1.807, 2.05) is 49.4 Å². The fourth-order valence-electron chi connectivity index (χ4n) is 1.94. The molecule has 0 amide bonds. The summed E-state index contributed by atoms with van der Waals surface area (Å²) in [4.78, 5) is 0. The summed E-state index contributed by atoms with van der Waals surface area (Å²) < 4.78 is 6.18. The molecule has 0 fully saturated rings. The molecule has 0 radical (unpaired) electrons. The number of aliphatic hydroxyl groups excluding tert-OH is 1. The monoisotopic (exact) mass is 306 g/mol. The molecule has 1 atom stereocenters. The Hall–Kier alpha value is -1.32. The van der Waals surface area contributed by atoms with Crippen LogP contribution < -0.4 is 4.74 Å². The third-order valence-electron chi connectivity index (χ3n) is 2.90. The fourth-order valence-corrected chi connectivity index (χ4v) is 2.36. The smallest absolute Gasteiger partial charge is 0.121 e. The summed E-state index contributed by atoms with van der Waals surface area (Å²) in [7, 11) is 1.65. The molecule has 0 unspecified atom stereocenters. The summed E-state index contributed by atoms with van der Waals surface area (Å²) in [5.41, 5.74) is 2.75. The first-order chi connectivity index (χ1) is 8.61. The standard InChI is InChI=1S/C15H15BrO2/c1-10-8-12(6-7-14(10)18-2)15(17)11-4-3-5-13(16)9-11/h3-9,15,17H,1-2H3/t15-/m0/s1. The normalized spacial score (nSPS) is 12.2. The van der Waals surface area contributed by atoms with Crippen molar-refractivity contribution >= 4 is 15.9 Å². The van der Waals surface area contributed by atoms with E-state index in [0.29, 0.717) is 0 Å². The molecule has 0 aliphatic heterocycles. The molecule has 2 nitrogen and oxygen atoms in total. The average Bonchev–Trinajstić information content (AvgIpc) is 2.37. The Morgan fingerprint density at radius 3 is 2.44 bits per heavy atom. The van der Waals surface area contributed by atoms with Gasteiger partial charge in [0.1, 0.15) is 11.9 Å². The van der Waals surface area contributed by atoms with Gasteiger partial charge in [0.2, 0.25) is 0 Å². The number of aryl methyl sites for hydroxylation is 1. The number of benzene rings is 2. The van der Waals surface area contributed by atoms with E-state index in [1.165, 1.54) is 0 Å². The van der Waals surface area contributed by atoms with Crippen molar-refractivity contribution in [3.8, 4) is 5.75 Å². The highest BCUT2D eigenvalue weighted by Gasteiger charge is 2.12. The first-order valence-electron chi connectivity index (χ1n) is 5.70. The largest absolute Gasteiger partial charge is 0.496 e. The summed E-state index contributed by atoms with van der Waals surface area (Å²) in [6.45, 7) is 1.97. The van der Waals surface area contributed by atoms with Crippen LogP contribution in [-0.4, -0.2) is 12.2 Å². The van der Waals surface area contributed by atoms with Gasteiger partial charge in [-0.2, -0.15) is 0 Å². The van der Waals surface area contributed by atoms with Crippen LogP contribution in [0.3, 0.4) is 0 Å². The van der Waals surface area contributed by atoms with Crippen molar-refractivity contribution in [2.45, 2.75) is 13.0 Å². The van der Waals surface area contributed by atoms with E-state index in [1.54, 1.807) is 7.11 Å². The Morgan fingerprint density at radius 1 is 1.11 bits per heavy atom. The summed E-state index contributed by atoms with van der Waals surface area (Å²) in [5, 5.41) is 10.3. The maximum atomic E-state index is 10.3. The first kappa shape index (κ1) is 13.1. The molecule has 3 heteroatoms. The molecule has 0 bridgehead atoms. The van der Waals surface area contributed by atoms with Crippen molar-refractivity contribution in [1.82, 2.24) is 0 Å². The number of hydrogen-bond donors (Lipinski definition) is 1. The number of ether oxygens (including phenoxy) is 1. The van der Waals surface area contributed by atoms with E-state index in [-0.39, 0.29) is 0 Å². The van der Waals surface area contributed by atoms with Gasteiger partial charge >= 0.3 is 0 Å². The molecular formula is C15H15BrO2. The van der Waals surface area contributed by atoms with Gasteiger partial charge in [-0.1, -0.05) is 34.1 Å². The van der Waals surface area contributed by atoms with Gasteiger partial charge in [-0.25, -0.2) is 0 Å².